The van der Waals surface area contributed by atoms with Crippen LogP contribution in [0.4, 0.5) is 0 Å². The van der Waals surface area contributed by atoms with Crippen LogP contribution in [0.5, 0.6) is 0 Å². The molecule has 1 amide bonds. The molecule has 25 heavy (non-hydrogen) atoms. The lowest BCUT2D eigenvalue weighted by atomic mass is 9.96. The van der Waals surface area contributed by atoms with Crippen LogP contribution in [0.1, 0.15) is 38.2 Å². The number of hydrogen-bond acceptors (Lipinski definition) is 3. The summed E-state index contributed by atoms with van der Waals surface area (Å²) in [7, 11) is 2.22. The summed E-state index contributed by atoms with van der Waals surface area (Å²) >= 11 is 0. The lowest BCUT2D eigenvalue weighted by molar-refractivity contribution is -0.133. The number of hydrogen-bond donors (Lipinski definition) is 0. The third-order valence-corrected chi connectivity index (χ3v) is 5.89. The molecule has 0 aliphatic carbocycles. The van der Waals surface area contributed by atoms with E-state index in [4.69, 9.17) is 0 Å². The van der Waals surface area contributed by atoms with Crippen LogP contribution >= 0.6 is 0 Å². The monoisotopic (exact) mass is 343 g/mol. The molecule has 4 nitrogen and oxygen atoms in total. The van der Waals surface area contributed by atoms with E-state index in [9.17, 15) is 4.79 Å². The maximum Gasteiger partial charge on any atom is 0.224 e. The molecule has 3 rings (SSSR count). The Morgan fingerprint density at radius 3 is 2.48 bits per heavy atom. The Labute approximate surface area is 152 Å². The molecule has 0 N–H and O–H groups in total. The van der Waals surface area contributed by atoms with Crippen LogP contribution in [-0.2, 0) is 11.3 Å². The van der Waals surface area contributed by atoms with E-state index in [2.05, 4.69) is 52.9 Å². The number of nitrogens with zero attached hydrogens (tertiary/aromatic N) is 3. The van der Waals surface area contributed by atoms with Crippen molar-refractivity contribution >= 4 is 5.91 Å². The van der Waals surface area contributed by atoms with Gasteiger partial charge in [-0.05, 0) is 50.9 Å². The van der Waals surface area contributed by atoms with Crippen molar-refractivity contribution in [2.24, 2.45) is 5.92 Å². The zero-order valence-corrected chi connectivity index (χ0v) is 15.9. The SMILES string of the molecule is CC[C@H]1CN(CC2CCN(C)CC2)CCC(=O)N1Cc1ccccc1. The van der Waals surface area contributed by atoms with Crippen molar-refractivity contribution in [2.75, 3.05) is 39.8 Å². The first-order valence-corrected chi connectivity index (χ1v) is 9.90. The summed E-state index contributed by atoms with van der Waals surface area (Å²) < 4.78 is 0. The fourth-order valence-corrected chi connectivity index (χ4v) is 4.21. The third-order valence-electron chi connectivity index (χ3n) is 5.89. The Bertz CT molecular complexity index is 539. The van der Waals surface area contributed by atoms with Crippen LogP contribution in [0.2, 0.25) is 0 Å². The van der Waals surface area contributed by atoms with Gasteiger partial charge in [-0.2, -0.15) is 0 Å². The summed E-state index contributed by atoms with van der Waals surface area (Å²) in [6.07, 6.45) is 4.29. The summed E-state index contributed by atoms with van der Waals surface area (Å²) in [6.45, 7) is 8.52. The second-order valence-corrected chi connectivity index (χ2v) is 7.83. The highest BCUT2D eigenvalue weighted by molar-refractivity contribution is 5.77. The van der Waals surface area contributed by atoms with E-state index in [1.807, 2.05) is 6.07 Å². The minimum absolute atomic E-state index is 0.321. The van der Waals surface area contributed by atoms with Crippen LogP contribution in [0.25, 0.3) is 0 Å². The average Bonchev–Trinajstić information content (AvgIpc) is 2.78. The molecule has 0 unspecified atom stereocenters. The van der Waals surface area contributed by atoms with Gasteiger partial charge in [-0.3, -0.25) is 4.79 Å². The summed E-state index contributed by atoms with van der Waals surface area (Å²) in [5.41, 5.74) is 1.23. The number of amides is 1. The Morgan fingerprint density at radius 2 is 1.80 bits per heavy atom. The van der Waals surface area contributed by atoms with E-state index in [1.165, 1.54) is 31.5 Å². The third kappa shape index (κ3) is 5.05. The molecule has 2 saturated heterocycles. The number of carbonyl (C=O) groups excluding carboxylic acids is 1. The minimum Gasteiger partial charge on any atom is -0.334 e. The first kappa shape index (κ1) is 18.4. The minimum atomic E-state index is 0.321. The van der Waals surface area contributed by atoms with Gasteiger partial charge in [0.05, 0.1) is 0 Å². The second-order valence-electron chi connectivity index (χ2n) is 7.83. The second kappa shape index (κ2) is 8.81. The van der Waals surface area contributed by atoms with Crippen LogP contribution in [0.15, 0.2) is 30.3 Å². The molecule has 4 heteroatoms. The predicted octanol–water partition coefficient (Wildman–Crippen LogP) is 2.84. The summed E-state index contributed by atoms with van der Waals surface area (Å²) in [6, 6.07) is 10.7. The summed E-state index contributed by atoms with van der Waals surface area (Å²) in [5, 5.41) is 0. The zero-order chi connectivity index (χ0) is 17.6. The highest BCUT2D eigenvalue weighted by Gasteiger charge is 2.30. The van der Waals surface area contributed by atoms with Crippen molar-refractivity contribution in [2.45, 2.75) is 45.2 Å². The lowest BCUT2D eigenvalue weighted by Gasteiger charge is -2.35. The molecule has 1 aromatic rings. The van der Waals surface area contributed by atoms with Crippen LogP contribution in [0, 0.1) is 5.92 Å². The molecule has 0 saturated carbocycles. The standard InChI is InChI=1S/C21H33N3O/c1-3-20-17-23(15-19-9-12-22(2)13-10-19)14-11-21(25)24(20)16-18-7-5-4-6-8-18/h4-8,19-20H,3,9-17H2,1-2H3/t20-/m0/s1. The summed E-state index contributed by atoms with van der Waals surface area (Å²) in [4.78, 5) is 19.9. The molecule has 2 aliphatic rings. The van der Waals surface area contributed by atoms with Gasteiger partial charge in [0.1, 0.15) is 0 Å². The smallest absolute Gasteiger partial charge is 0.224 e. The quantitative estimate of drug-likeness (QED) is 0.822. The number of carbonyl (C=O) groups is 1. The van der Waals surface area contributed by atoms with Gasteiger partial charge < -0.3 is 14.7 Å². The molecule has 2 fully saturated rings. The molecular weight excluding hydrogens is 310 g/mol. The van der Waals surface area contributed by atoms with E-state index in [0.717, 1.165) is 38.5 Å². The van der Waals surface area contributed by atoms with Crippen molar-refractivity contribution in [3.63, 3.8) is 0 Å². The normalized spacial score (nSPS) is 24.5. The van der Waals surface area contributed by atoms with Gasteiger partial charge in [-0.25, -0.2) is 0 Å². The van der Waals surface area contributed by atoms with Gasteiger partial charge in [0.2, 0.25) is 5.91 Å². The molecule has 1 atom stereocenters. The van der Waals surface area contributed by atoms with Crippen molar-refractivity contribution in [3.8, 4) is 0 Å². The van der Waals surface area contributed by atoms with Gasteiger partial charge in [0.25, 0.3) is 0 Å². The largest absolute Gasteiger partial charge is 0.334 e. The van der Waals surface area contributed by atoms with E-state index in [1.54, 1.807) is 0 Å². The Kier molecular flexibility index (Phi) is 6.49. The van der Waals surface area contributed by atoms with Crippen molar-refractivity contribution in [1.29, 1.82) is 0 Å². The Hall–Kier alpha value is -1.39. The molecule has 0 bridgehead atoms. The topological polar surface area (TPSA) is 26.8 Å². The summed E-state index contributed by atoms with van der Waals surface area (Å²) in [5.74, 6) is 1.12. The average molecular weight is 344 g/mol. The van der Waals surface area contributed by atoms with E-state index >= 15 is 0 Å². The predicted molar refractivity (Wildman–Crippen MR) is 102 cm³/mol. The maximum absolute atomic E-state index is 12.8. The molecular formula is C21H33N3O. The first-order valence-electron chi connectivity index (χ1n) is 9.90. The first-order chi connectivity index (χ1) is 12.2. The van der Waals surface area contributed by atoms with Crippen LogP contribution in [-0.4, -0.2) is 66.4 Å². The Morgan fingerprint density at radius 1 is 1.08 bits per heavy atom. The fourth-order valence-electron chi connectivity index (χ4n) is 4.21. The number of benzene rings is 1. The van der Waals surface area contributed by atoms with Gasteiger partial charge in [0, 0.05) is 38.6 Å². The fraction of sp³-hybridized carbons (Fsp3) is 0.667. The molecule has 2 aliphatic heterocycles. The Balaban J connectivity index is 1.62. The van der Waals surface area contributed by atoms with Crippen LogP contribution in [0.3, 0.4) is 0 Å². The molecule has 1 aromatic carbocycles. The highest BCUT2D eigenvalue weighted by atomic mass is 16.2. The van der Waals surface area contributed by atoms with Crippen molar-refractivity contribution < 1.29 is 4.79 Å². The van der Waals surface area contributed by atoms with E-state index in [-0.39, 0.29) is 0 Å². The molecule has 2 heterocycles. The van der Waals surface area contributed by atoms with E-state index in [0.29, 0.717) is 18.4 Å². The maximum atomic E-state index is 12.8. The van der Waals surface area contributed by atoms with E-state index < -0.39 is 0 Å². The van der Waals surface area contributed by atoms with Gasteiger partial charge in [0.15, 0.2) is 0 Å². The van der Waals surface area contributed by atoms with Crippen LogP contribution < -0.4 is 0 Å². The molecule has 0 radical (unpaired) electrons. The number of rotatable bonds is 5. The molecule has 0 aromatic heterocycles. The van der Waals surface area contributed by atoms with Gasteiger partial charge >= 0.3 is 0 Å². The number of likely N-dealkylation sites (tertiary alicyclic amines) is 1. The lowest BCUT2D eigenvalue weighted by Crippen LogP contribution is -2.44. The molecule has 138 valence electrons. The van der Waals surface area contributed by atoms with Gasteiger partial charge in [-0.15, -0.1) is 0 Å². The number of piperidine rings is 1. The van der Waals surface area contributed by atoms with Crippen molar-refractivity contribution in [1.82, 2.24) is 14.7 Å². The van der Waals surface area contributed by atoms with Gasteiger partial charge in [-0.1, -0.05) is 37.3 Å². The molecule has 0 spiro atoms. The zero-order valence-electron chi connectivity index (χ0n) is 15.9. The highest BCUT2D eigenvalue weighted by Crippen LogP contribution is 2.22. The van der Waals surface area contributed by atoms with Crippen molar-refractivity contribution in [3.05, 3.63) is 35.9 Å².